The summed E-state index contributed by atoms with van der Waals surface area (Å²) in [6.07, 6.45) is 1.10. The van der Waals surface area contributed by atoms with Crippen molar-refractivity contribution < 1.29 is 17.9 Å². The molecule has 0 bridgehead atoms. The van der Waals surface area contributed by atoms with Gasteiger partial charge in [-0.25, -0.2) is 8.42 Å². The van der Waals surface area contributed by atoms with Gasteiger partial charge in [-0.1, -0.05) is 66.7 Å². The second-order valence-electron chi connectivity index (χ2n) is 8.17. The maximum absolute atomic E-state index is 13.6. The molecule has 1 aliphatic rings. The van der Waals surface area contributed by atoms with E-state index >= 15 is 0 Å². The molecule has 3 aromatic carbocycles. The molecule has 1 N–H and O–H groups in total. The quantitative estimate of drug-likeness (QED) is 0.572. The molecule has 33 heavy (non-hydrogen) atoms. The first kappa shape index (κ1) is 23.0. The molecule has 0 spiro atoms. The molecular formula is C26H28N2O4S. The lowest BCUT2D eigenvalue weighted by Gasteiger charge is -2.27. The van der Waals surface area contributed by atoms with Crippen molar-refractivity contribution >= 4 is 15.9 Å². The van der Waals surface area contributed by atoms with Crippen LogP contribution in [0.15, 0.2) is 83.8 Å². The maximum Gasteiger partial charge on any atom is 0.244 e. The number of sulfonamides is 1. The molecule has 4 rings (SSSR count). The fraction of sp³-hybridized carbons (Fsp3) is 0.269. The Morgan fingerprint density at radius 1 is 1.00 bits per heavy atom. The van der Waals surface area contributed by atoms with Crippen molar-refractivity contribution in [1.29, 1.82) is 0 Å². The average molecular weight is 465 g/mol. The molecule has 0 saturated carbocycles. The van der Waals surface area contributed by atoms with Gasteiger partial charge in [-0.2, -0.15) is 4.31 Å². The molecular weight excluding hydrogens is 436 g/mol. The molecule has 3 aromatic rings. The summed E-state index contributed by atoms with van der Waals surface area (Å²) in [5.74, 6) is 0.168. The SMILES string of the molecule is COc1ccc(C)c(S(=O)(=O)N2CCCC2C(=O)NC(c2ccccc2)c2ccccc2)c1. The van der Waals surface area contributed by atoms with E-state index in [2.05, 4.69) is 5.32 Å². The minimum atomic E-state index is -3.87. The van der Waals surface area contributed by atoms with E-state index in [9.17, 15) is 13.2 Å². The van der Waals surface area contributed by atoms with Crippen molar-refractivity contribution in [3.63, 3.8) is 0 Å². The predicted molar refractivity (Wildman–Crippen MR) is 128 cm³/mol. The molecule has 1 amide bonds. The Morgan fingerprint density at radius 2 is 1.61 bits per heavy atom. The minimum absolute atomic E-state index is 0.171. The zero-order valence-corrected chi connectivity index (χ0v) is 19.6. The summed E-state index contributed by atoms with van der Waals surface area (Å²) in [6, 6.07) is 23.2. The van der Waals surface area contributed by atoms with Crippen LogP contribution in [0.2, 0.25) is 0 Å². The van der Waals surface area contributed by atoms with Gasteiger partial charge in [0.2, 0.25) is 15.9 Å². The summed E-state index contributed by atoms with van der Waals surface area (Å²) in [7, 11) is -2.37. The summed E-state index contributed by atoms with van der Waals surface area (Å²) >= 11 is 0. The van der Waals surface area contributed by atoms with Crippen LogP contribution in [0.25, 0.3) is 0 Å². The zero-order chi connectivity index (χ0) is 23.4. The van der Waals surface area contributed by atoms with E-state index in [1.54, 1.807) is 19.1 Å². The van der Waals surface area contributed by atoms with Crippen molar-refractivity contribution in [2.75, 3.05) is 13.7 Å². The largest absolute Gasteiger partial charge is 0.497 e. The summed E-state index contributed by atoms with van der Waals surface area (Å²) in [5, 5.41) is 3.11. The number of aryl methyl sites for hydroxylation is 1. The molecule has 172 valence electrons. The lowest BCUT2D eigenvalue weighted by atomic mass is 9.98. The number of hydrogen-bond donors (Lipinski definition) is 1. The number of methoxy groups -OCH3 is 1. The number of amides is 1. The highest BCUT2D eigenvalue weighted by Gasteiger charge is 2.40. The number of ether oxygens (including phenoxy) is 1. The minimum Gasteiger partial charge on any atom is -0.497 e. The van der Waals surface area contributed by atoms with Crippen LogP contribution >= 0.6 is 0 Å². The predicted octanol–water partition coefficient (Wildman–Crippen LogP) is 4.06. The number of nitrogens with one attached hydrogen (secondary N) is 1. The summed E-state index contributed by atoms with van der Waals surface area (Å²) in [4.78, 5) is 13.6. The third kappa shape index (κ3) is 4.79. The van der Waals surface area contributed by atoms with E-state index in [1.165, 1.54) is 17.5 Å². The van der Waals surface area contributed by atoms with Gasteiger partial charge >= 0.3 is 0 Å². The van der Waals surface area contributed by atoms with E-state index in [4.69, 9.17) is 4.74 Å². The lowest BCUT2D eigenvalue weighted by Crippen LogP contribution is -2.47. The lowest BCUT2D eigenvalue weighted by molar-refractivity contribution is -0.124. The number of rotatable bonds is 7. The second-order valence-corrected chi connectivity index (χ2v) is 10.0. The van der Waals surface area contributed by atoms with Crippen LogP contribution in [0.1, 0.15) is 35.6 Å². The smallest absolute Gasteiger partial charge is 0.244 e. The monoisotopic (exact) mass is 464 g/mol. The van der Waals surface area contributed by atoms with Crippen LogP contribution in [0.3, 0.4) is 0 Å². The number of nitrogens with zero attached hydrogens (tertiary/aromatic N) is 1. The van der Waals surface area contributed by atoms with Gasteiger partial charge in [-0.05, 0) is 42.5 Å². The first-order valence-corrected chi connectivity index (χ1v) is 12.4. The Kier molecular flexibility index (Phi) is 6.81. The van der Waals surface area contributed by atoms with E-state index in [0.717, 1.165) is 11.1 Å². The Labute approximate surface area is 195 Å². The first-order valence-electron chi connectivity index (χ1n) is 11.0. The zero-order valence-electron chi connectivity index (χ0n) is 18.8. The van der Waals surface area contributed by atoms with Gasteiger partial charge in [0.1, 0.15) is 11.8 Å². The number of hydrogen-bond acceptors (Lipinski definition) is 4. The van der Waals surface area contributed by atoms with Crippen LogP contribution in [-0.4, -0.2) is 38.3 Å². The molecule has 0 radical (unpaired) electrons. The van der Waals surface area contributed by atoms with Crippen molar-refractivity contribution in [3.8, 4) is 5.75 Å². The average Bonchev–Trinajstić information content (AvgIpc) is 3.35. The van der Waals surface area contributed by atoms with Gasteiger partial charge in [0, 0.05) is 12.6 Å². The topological polar surface area (TPSA) is 75.7 Å². The third-order valence-corrected chi connectivity index (χ3v) is 8.09. The van der Waals surface area contributed by atoms with Crippen LogP contribution in [0.5, 0.6) is 5.75 Å². The van der Waals surface area contributed by atoms with Gasteiger partial charge < -0.3 is 10.1 Å². The molecule has 1 saturated heterocycles. The molecule has 1 unspecified atom stereocenters. The normalized spacial score (nSPS) is 16.6. The van der Waals surface area contributed by atoms with Crippen molar-refractivity contribution in [1.82, 2.24) is 9.62 Å². The van der Waals surface area contributed by atoms with Crippen LogP contribution in [-0.2, 0) is 14.8 Å². The molecule has 1 fully saturated rings. The van der Waals surface area contributed by atoms with Crippen molar-refractivity contribution in [3.05, 3.63) is 95.6 Å². The highest BCUT2D eigenvalue weighted by molar-refractivity contribution is 7.89. The number of carbonyl (C=O) groups is 1. The van der Waals surface area contributed by atoms with Crippen molar-refractivity contribution in [2.24, 2.45) is 0 Å². The maximum atomic E-state index is 13.6. The molecule has 1 heterocycles. The standard InChI is InChI=1S/C26H28N2O4S/c1-19-15-16-22(32-2)18-24(19)33(30,31)28-17-9-14-23(28)26(29)27-25(20-10-5-3-6-11-20)21-12-7-4-8-13-21/h3-8,10-13,15-16,18,23,25H,9,14,17H2,1-2H3,(H,27,29). The summed E-state index contributed by atoms with van der Waals surface area (Å²) in [6.45, 7) is 2.05. The van der Waals surface area contributed by atoms with Gasteiger partial charge in [-0.3, -0.25) is 4.79 Å². The van der Waals surface area contributed by atoms with Crippen molar-refractivity contribution in [2.45, 2.75) is 36.7 Å². The van der Waals surface area contributed by atoms with Gasteiger partial charge in [0.15, 0.2) is 0 Å². The highest BCUT2D eigenvalue weighted by atomic mass is 32.2. The fourth-order valence-corrected chi connectivity index (χ4v) is 6.19. The molecule has 0 aromatic heterocycles. The molecule has 1 aliphatic heterocycles. The van der Waals surface area contributed by atoms with Gasteiger partial charge in [-0.15, -0.1) is 0 Å². The first-order chi connectivity index (χ1) is 15.9. The van der Waals surface area contributed by atoms with Crippen LogP contribution < -0.4 is 10.1 Å². The van der Waals surface area contributed by atoms with E-state index < -0.39 is 16.1 Å². The Hall–Kier alpha value is -3.16. The molecule has 0 aliphatic carbocycles. The Balaban J connectivity index is 1.63. The third-order valence-electron chi connectivity index (χ3n) is 6.04. The second kappa shape index (κ2) is 9.77. The Bertz CT molecular complexity index is 1170. The number of carbonyl (C=O) groups excluding carboxylic acids is 1. The van der Waals surface area contributed by atoms with Crippen LogP contribution in [0, 0.1) is 6.92 Å². The van der Waals surface area contributed by atoms with E-state index in [1.807, 2.05) is 60.7 Å². The molecule has 6 nitrogen and oxygen atoms in total. The summed E-state index contributed by atoms with van der Waals surface area (Å²) < 4.78 is 33.7. The van der Waals surface area contributed by atoms with E-state index in [-0.39, 0.29) is 16.8 Å². The van der Waals surface area contributed by atoms with Gasteiger partial charge in [0.25, 0.3) is 0 Å². The van der Waals surface area contributed by atoms with Crippen LogP contribution in [0.4, 0.5) is 0 Å². The van der Waals surface area contributed by atoms with Gasteiger partial charge in [0.05, 0.1) is 18.0 Å². The highest BCUT2D eigenvalue weighted by Crippen LogP contribution is 2.31. The summed E-state index contributed by atoms with van der Waals surface area (Å²) in [5.41, 5.74) is 2.49. The fourth-order valence-electron chi connectivity index (χ4n) is 4.29. The Morgan fingerprint density at radius 3 is 2.18 bits per heavy atom. The molecule has 1 atom stereocenters. The van der Waals surface area contributed by atoms with E-state index in [0.29, 0.717) is 30.7 Å². The number of benzene rings is 3. The molecule has 7 heteroatoms.